The normalized spacial score (nSPS) is 17.2. The number of phosphoric ester groups is 4. The van der Waals surface area contributed by atoms with Crippen LogP contribution in [0.25, 0.3) is 0 Å². The third-order valence-electron chi connectivity index (χ3n) is 15.3. The maximum atomic E-state index is 16.6. The molecule has 6 atom stereocenters. The standard InChI is InChI=1S/C76H72O20P4/c77-75(67-47-27-9-28-48-67)91-69-70(92-76(78)68-49-29-10-30-50-68)72(94-98(80,85-53-61-35-15-3-16-36-61)86-54-62-37-17-4-18-38-62)74(96-100(82,89-57-65-43-23-7-24-44-65)90-58-66-45-25-8-26-46-66)73(95-99(81,87-55-63-39-19-5-20-40-63)88-56-64-41-21-6-22-42-64)71(69)93-97(79,83-51-59-31-11-1-12-32-59)84-52-60-33-13-2-14-34-60/h1-50,69-74H,51-58H2/t69-,70-,71+,72+,73-,74+/m1/s1. The van der Waals surface area contributed by atoms with Crippen LogP contribution in [0.1, 0.15) is 65.2 Å². The average Bonchev–Trinajstić information content (AvgIpc) is 0.738. The molecule has 1 aliphatic rings. The minimum Gasteiger partial charge on any atom is -0.452 e. The van der Waals surface area contributed by atoms with Crippen molar-refractivity contribution in [1.29, 1.82) is 0 Å². The molecule has 0 aliphatic heterocycles. The number of carbonyl (C=O) groups is 2. The zero-order valence-corrected chi connectivity index (χ0v) is 57.5. The number of benzene rings is 10. The highest BCUT2D eigenvalue weighted by Crippen LogP contribution is 2.63. The molecule has 1 aliphatic carbocycles. The van der Waals surface area contributed by atoms with Gasteiger partial charge >= 0.3 is 43.2 Å². The van der Waals surface area contributed by atoms with Crippen molar-refractivity contribution >= 4 is 43.2 Å². The second-order valence-corrected chi connectivity index (χ2v) is 29.1. The second-order valence-electron chi connectivity index (χ2n) is 22.6. The maximum Gasteiger partial charge on any atom is 0.475 e. The van der Waals surface area contributed by atoms with Crippen LogP contribution in [-0.4, -0.2) is 48.6 Å². The Hall–Kier alpha value is -8.42. The van der Waals surface area contributed by atoms with Crippen LogP contribution in [0.3, 0.4) is 0 Å². The summed E-state index contributed by atoms with van der Waals surface area (Å²) in [5.74, 6) is -2.28. The highest BCUT2D eigenvalue weighted by atomic mass is 31.2. The van der Waals surface area contributed by atoms with E-state index >= 15 is 27.8 Å². The summed E-state index contributed by atoms with van der Waals surface area (Å²) in [5.41, 5.74) is 3.60. The fourth-order valence-corrected chi connectivity index (χ4v) is 15.6. The van der Waals surface area contributed by atoms with Crippen LogP contribution in [0.5, 0.6) is 0 Å². The number of esters is 2. The number of phosphoric acid groups is 4. The van der Waals surface area contributed by atoms with E-state index in [1.165, 1.54) is 24.3 Å². The van der Waals surface area contributed by atoms with E-state index in [-0.39, 0.29) is 11.1 Å². The van der Waals surface area contributed by atoms with Crippen LogP contribution in [0.4, 0.5) is 0 Å². The van der Waals surface area contributed by atoms with Gasteiger partial charge in [-0.3, -0.25) is 54.3 Å². The van der Waals surface area contributed by atoms with Crippen LogP contribution in [-0.2, 0) is 135 Å². The summed E-state index contributed by atoms with van der Waals surface area (Å²) in [6.07, 6.45) is -14.4. The molecule has 0 heterocycles. The Kier molecular flexibility index (Phi) is 26.4. The van der Waals surface area contributed by atoms with Gasteiger partial charge in [0.2, 0.25) is 0 Å². The largest absolute Gasteiger partial charge is 0.475 e. The smallest absolute Gasteiger partial charge is 0.452 e. The van der Waals surface area contributed by atoms with Gasteiger partial charge in [0.05, 0.1) is 64.0 Å². The van der Waals surface area contributed by atoms with Gasteiger partial charge in [-0.1, -0.05) is 279 Å². The van der Waals surface area contributed by atoms with E-state index < -0.39 is 133 Å². The molecule has 24 heteroatoms. The van der Waals surface area contributed by atoms with Crippen LogP contribution in [0, 0.1) is 0 Å². The Morgan fingerprint density at radius 1 is 0.210 bits per heavy atom. The van der Waals surface area contributed by atoms with Crippen molar-refractivity contribution in [2.45, 2.75) is 89.5 Å². The maximum absolute atomic E-state index is 16.6. The predicted molar refractivity (Wildman–Crippen MR) is 371 cm³/mol. The molecule has 1 saturated carbocycles. The highest BCUT2D eigenvalue weighted by Gasteiger charge is 2.64. The lowest BCUT2D eigenvalue weighted by atomic mass is 9.84. The van der Waals surface area contributed by atoms with Crippen molar-refractivity contribution in [1.82, 2.24) is 0 Å². The van der Waals surface area contributed by atoms with E-state index in [4.69, 9.17) is 63.8 Å². The fourth-order valence-electron chi connectivity index (χ4n) is 10.2. The molecule has 100 heavy (non-hydrogen) atoms. The molecule has 11 rings (SSSR count). The molecule has 0 amide bonds. The predicted octanol–water partition coefficient (Wildman–Crippen LogP) is 18.2. The first-order valence-electron chi connectivity index (χ1n) is 31.9. The number of hydrogen-bond acceptors (Lipinski definition) is 20. The Morgan fingerprint density at radius 3 is 0.510 bits per heavy atom. The third-order valence-corrected chi connectivity index (χ3v) is 20.9. The van der Waals surface area contributed by atoms with Gasteiger partial charge in [0.15, 0.2) is 12.2 Å². The first-order chi connectivity index (χ1) is 48.8. The van der Waals surface area contributed by atoms with Gasteiger partial charge in [-0.25, -0.2) is 27.8 Å². The van der Waals surface area contributed by atoms with Crippen molar-refractivity contribution < 1.29 is 91.6 Å². The molecule has 0 bridgehead atoms. The highest BCUT2D eigenvalue weighted by molar-refractivity contribution is 7.49. The van der Waals surface area contributed by atoms with E-state index in [1.807, 2.05) is 0 Å². The summed E-state index contributed by atoms with van der Waals surface area (Å²) >= 11 is 0. The average molecular weight is 1430 g/mol. The molecule has 20 nitrogen and oxygen atoms in total. The zero-order valence-electron chi connectivity index (χ0n) is 53.9. The molecule has 10 aromatic carbocycles. The van der Waals surface area contributed by atoms with Crippen molar-refractivity contribution in [3.8, 4) is 0 Å². The number of hydrogen-bond donors (Lipinski definition) is 0. The van der Waals surface area contributed by atoms with E-state index in [1.54, 1.807) is 279 Å². The summed E-state index contributed by atoms with van der Waals surface area (Å²) in [7, 11) is -21.6. The molecule has 0 unspecified atom stereocenters. The topological polar surface area (TPSA) is 232 Å². The van der Waals surface area contributed by atoms with E-state index in [0.29, 0.717) is 44.5 Å². The van der Waals surface area contributed by atoms with E-state index in [0.717, 1.165) is 0 Å². The Morgan fingerprint density at radius 2 is 0.350 bits per heavy atom. The lowest BCUT2D eigenvalue weighted by Crippen LogP contribution is -2.67. The SMILES string of the molecule is O=C(O[C@@H]1[C@@H](OC(=O)c2ccccc2)[C@H](OP(=O)(OCc2ccccc2)OCc2ccccc2)[C@@H](OP(=O)(OCc2ccccc2)OCc2ccccc2)[C@@H](OP(=O)(OCc2ccccc2)OCc2ccccc2)[C@H]1OP(=O)(OCc1ccccc1)OCc1ccccc1)c1ccccc1. The van der Waals surface area contributed by atoms with Crippen LogP contribution in [0.2, 0.25) is 0 Å². The minimum absolute atomic E-state index is 0.0919. The van der Waals surface area contributed by atoms with Crippen molar-refractivity contribution in [2.75, 3.05) is 0 Å². The monoisotopic (exact) mass is 1430 g/mol. The first kappa shape index (κ1) is 72.8. The van der Waals surface area contributed by atoms with Crippen molar-refractivity contribution in [2.24, 2.45) is 0 Å². The van der Waals surface area contributed by atoms with Gasteiger partial charge in [-0.15, -0.1) is 0 Å². The summed E-state index contributed by atoms with van der Waals surface area (Å²) in [4.78, 5) is 30.7. The molecule has 0 spiro atoms. The molecule has 0 N–H and O–H groups in total. The summed E-state index contributed by atoms with van der Waals surface area (Å²) in [5, 5.41) is 0. The summed E-state index contributed by atoms with van der Waals surface area (Å²) in [6.45, 7) is -3.77. The van der Waals surface area contributed by atoms with Gasteiger partial charge in [0.1, 0.15) is 24.4 Å². The lowest BCUT2D eigenvalue weighted by molar-refractivity contribution is -0.214. The molecule has 0 aromatic heterocycles. The van der Waals surface area contributed by atoms with Crippen LogP contribution in [0.15, 0.2) is 303 Å². The lowest BCUT2D eigenvalue weighted by Gasteiger charge is -2.49. The molecular formula is C76H72O20P4. The molecule has 1 fully saturated rings. The molecule has 516 valence electrons. The van der Waals surface area contributed by atoms with Gasteiger partial charge < -0.3 is 9.47 Å². The first-order valence-corrected chi connectivity index (χ1v) is 37.7. The quantitative estimate of drug-likeness (QED) is 0.0262. The van der Waals surface area contributed by atoms with Crippen molar-refractivity contribution in [3.05, 3.63) is 359 Å². The Labute approximate surface area is 580 Å². The van der Waals surface area contributed by atoms with E-state index in [9.17, 15) is 0 Å². The van der Waals surface area contributed by atoms with Crippen LogP contribution >= 0.6 is 31.3 Å². The fraction of sp³-hybridized carbons (Fsp3) is 0.184. The van der Waals surface area contributed by atoms with Gasteiger partial charge in [0.25, 0.3) is 0 Å². The molecule has 10 aromatic rings. The molecule has 0 saturated heterocycles. The molecule has 0 radical (unpaired) electrons. The van der Waals surface area contributed by atoms with Gasteiger partial charge in [-0.2, -0.15) is 0 Å². The number of rotatable bonds is 36. The second kappa shape index (κ2) is 36.3. The zero-order chi connectivity index (χ0) is 69.3. The molecular weight excluding hydrogens is 1360 g/mol. The summed E-state index contributed by atoms with van der Waals surface area (Å²) < 4.78 is 158. The number of ether oxygens (including phenoxy) is 2. The van der Waals surface area contributed by atoms with E-state index in [2.05, 4.69) is 0 Å². The van der Waals surface area contributed by atoms with Crippen LogP contribution < -0.4 is 0 Å². The Balaban J connectivity index is 1.18. The minimum atomic E-state index is -5.41. The summed E-state index contributed by atoms with van der Waals surface area (Å²) in [6, 6.07) is 83.8. The number of carbonyl (C=O) groups excluding carboxylic acids is 2. The van der Waals surface area contributed by atoms with Crippen molar-refractivity contribution in [3.63, 3.8) is 0 Å². The Bertz CT molecular complexity index is 3850. The third kappa shape index (κ3) is 21.8. The van der Waals surface area contributed by atoms with Gasteiger partial charge in [-0.05, 0) is 68.8 Å². The van der Waals surface area contributed by atoms with Gasteiger partial charge in [0, 0.05) is 0 Å².